The molecule has 1 N–H and O–H groups in total. The van der Waals surface area contributed by atoms with Crippen LogP contribution in [0.4, 0.5) is 5.69 Å². The van der Waals surface area contributed by atoms with Crippen LogP contribution >= 0.6 is 39.1 Å². The number of halogens is 3. The van der Waals surface area contributed by atoms with E-state index in [9.17, 15) is 0 Å². The first-order valence-corrected chi connectivity index (χ1v) is 10.8. The summed E-state index contributed by atoms with van der Waals surface area (Å²) in [4.78, 5) is 0. The maximum absolute atomic E-state index is 6.53. The summed E-state index contributed by atoms with van der Waals surface area (Å²) in [5.74, 6) is 1.19. The maximum Gasteiger partial charge on any atom is 0.180 e. The van der Waals surface area contributed by atoms with Crippen LogP contribution in [-0.4, -0.2) is 6.61 Å². The normalized spacial score (nSPS) is 10.7. The average Bonchev–Trinajstić information content (AvgIpc) is 2.70. The topological polar surface area (TPSA) is 30.5 Å². The van der Waals surface area contributed by atoms with E-state index in [-0.39, 0.29) is 0 Å². The Balaban J connectivity index is 1.74. The second-order valence-electron chi connectivity index (χ2n) is 6.57. The smallest absolute Gasteiger partial charge is 0.180 e. The molecule has 0 saturated heterocycles. The summed E-state index contributed by atoms with van der Waals surface area (Å²) >= 11 is 16.2. The van der Waals surface area contributed by atoms with Crippen molar-refractivity contribution in [2.24, 2.45) is 0 Å². The Morgan fingerprint density at radius 2 is 1.66 bits per heavy atom. The van der Waals surface area contributed by atoms with Gasteiger partial charge in [-0.15, -0.1) is 0 Å². The third-order valence-corrected chi connectivity index (χ3v) is 5.55. The molecular formula is C23H22BrCl2NO2. The van der Waals surface area contributed by atoms with Gasteiger partial charge < -0.3 is 14.8 Å². The lowest BCUT2D eigenvalue weighted by Crippen LogP contribution is -2.04. The van der Waals surface area contributed by atoms with Crippen molar-refractivity contribution in [3.8, 4) is 11.5 Å². The molecule has 0 aliphatic heterocycles. The highest BCUT2D eigenvalue weighted by Crippen LogP contribution is 2.37. The van der Waals surface area contributed by atoms with Crippen LogP contribution in [0.1, 0.15) is 23.6 Å². The molecule has 3 rings (SSSR count). The molecule has 0 bridgehead atoms. The standard InChI is InChI=1S/C23H22BrCl2NO2/c1-3-28-22-11-17(13-27-19-9-4-15(2)20(25)12-19)10-21(26)23(22)29-14-16-5-7-18(24)8-6-16/h4-12,27H,3,13-14H2,1-2H3. The van der Waals surface area contributed by atoms with Crippen molar-refractivity contribution < 1.29 is 9.47 Å². The maximum atomic E-state index is 6.53. The Morgan fingerprint density at radius 1 is 0.897 bits per heavy atom. The van der Waals surface area contributed by atoms with Crippen LogP contribution in [0.3, 0.4) is 0 Å². The van der Waals surface area contributed by atoms with Gasteiger partial charge in [-0.3, -0.25) is 0 Å². The van der Waals surface area contributed by atoms with Crippen molar-refractivity contribution in [1.29, 1.82) is 0 Å². The lowest BCUT2D eigenvalue weighted by Gasteiger charge is -2.16. The van der Waals surface area contributed by atoms with Crippen LogP contribution in [0.2, 0.25) is 10.0 Å². The predicted molar refractivity (Wildman–Crippen MR) is 125 cm³/mol. The van der Waals surface area contributed by atoms with Gasteiger partial charge in [0.2, 0.25) is 0 Å². The first kappa shape index (κ1) is 21.8. The first-order valence-electron chi connectivity index (χ1n) is 9.28. The Labute approximate surface area is 190 Å². The van der Waals surface area contributed by atoms with Gasteiger partial charge in [-0.1, -0.05) is 57.3 Å². The zero-order valence-electron chi connectivity index (χ0n) is 16.3. The molecule has 0 heterocycles. The van der Waals surface area contributed by atoms with Crippen molar-refractivity contribution in [3.05, 3.63) is 85.8 Å². The number of hydrogen-bond acceptors (Lipinski definition) is 3. The molecule has 3 aromatic carbocycles. The molecule has 6 heteroatoms. The summed E-state index contributed by atoms with van der Waals surface area (Å²) in [6.45, 7) is 5.44. The summed E-state index contributed by atoms with van der Waals surface area (Å²) in [6.07, 6.45) is 0. The fraction of sp³-hybridized carbons (Fsp3) is 0.217. The van der Waals surface area contributed by atoms with E-state index in [1.54, 1.807) is 0 Å². The minimum absolute atomic E-state index is 0.409. The molecule has 152 valence electrons. The number of anilines is 1. The second-order valence-corrected chi connectivity index (χ2v) is 8.30. The number of benzene rings is 3. The highest BCUT2D eigenvalue weighted by atomic mass is 79.9. The average molecular weight is 495 g/mol. The van der Waals surface area contributed by atoms with Crippen LogP contribution in [0.5, 0.6) is 11.5 Å². The molecule has 0 saturated carbocycles. The van der Waals surface area contributed by atoms with E-state index in [2.05, 4.69) is 21.2 Å². The fourth-order valence-electron chi connectivity index (χ4n) is 2.77. The van der Waals surface area contributed by atoms with E-state index in [0.717, 1.165) is 31.9 Å². The van der Waals surface area contributed by atoms with E-state index < -0.39 is 0 Å². The third kappa shape index (κ3) is 6.05. The van der Waals surface area contributed by atoms with E-state index in [1.165, 1.54) is 0 Å². The van der Waals surface area contributed by atoms with Crippen LogP contribution in [0.15, 0.2) is 59.1 Å². The Morgan fingerprint density at radius 3 is 2.34 bits per heavy atom. The van der Waals surface area contributed by atoms with E-state index in [4.69, 9.17) is 32.7 Å². The van der Waals surface area contributed by atoms with Gasteiger partial charge in [-0.2, -0.15) is 0 Å². The Kier molecular flexibility index (Phi) is 7.70. The number of aryl methyl sites for hydroxylation is 1. The number of rotatable bonds is 8. The number of ether oxygens (including phenoxy) is 2. The van der Waals surface area contributed by atoms with E-state index in [1.807, 2.05) is 68.4 Å². The largest absolute Gasteiger partial charge is 0.490 e. The zero-order chi connectivity index (χ0) is 20.8. The summed E-state index contributed by atoms with van der Waals surface area (Å²) in [6, 6.07) is 17.7. The van der Waals surface area contributed by atoms with Crippen LogP contribution < -0.4 is 14.8 Å². The molecule has 0 atom stereocenters. The SMILES string of the molecule is CCOc1cc(CNc2ccc(C)c(Cl)c2)cc(Cl)c1OCc1ccc(Br)cc1. The zero-order valence-corrected chi connectivity index (χ0v) is 19.4. The number of hydrogen-bond donors (Lipinski definition) is 1. The molecule has 0 amide bonds. The first-order chi connectivity index (χ1) is 14.0. The second kappa shape index (κ2) is 10.2. The van der Waals surface area contributed by atoms with E-state index >= 15 is 0 Å². The Bertz CT molecular complexity index is 977. The van der Waals surface area contributed by atoms with Gasteiger partial charge in [-0.25, -0.2) is 0 Å². The molecule has 3 nitrogen and oxygen atoms in total. The monoisotopic (exact) mass is 493 g/mol. The predicted octanol–water partition coefficient (Wildman–Crippen LogP) is 7.65. The molecule has 3 aromatic rings. The molecule has 0 aromatic heterocycles. The van der Waals surface area contributed by atoms with Crippen LogP contribution in [0, 0.1) is 6.92 Å². The molecule has 0 spiro atoms. The Hall–Kier alpha value is -1.88. The lowest BCUT2D eigenvalue weighted by molar-refractivity contribution is 0.269. The fourth-order valence-corrected chi connectivity index (χ4v) is 3.50. The van der Waals surface area contributed by atoms with E-state index in [0.29, 0.717) is 36.3 Å². The molecule has 0 aliphatic carbocycles. The minimum atomic E-state index is 0.409. The minimum Gasteiger partial charge on any atom is -0.490 e. The van der Waals surface area contributed by atoms with Crippen molar-refractivity contribution in [2.75, 3.05) is 11.9 Å². The van der Waals surface area contributed by atoms with Gasteiger partial charge in [-0.05, 0) is 66.9 Å². The molecule has 0 unspecified atom stereocenters. The number of nitrogens with one attached hydrogen (secondary N) is 1. The highest BCUT2D eigenvalue weighted by Gasteiger charge is 2.13. The van der Waals surface area contributed by atoms with Crippen LogP contribution in [-0.2, 0) is 13.2 Å². The lowest BCUT2D eigenvalue weighted by atomic mass is 10.1. The van der Waals surface area contributed by atoms with Crippen molar-refractivity contribution in [2.45, 2.75) is 27.0 Å². The highest BCUT2D eigenvalue weighted by molar-refractivity contribution is 9.10. The summed E-state index contributed by atoms with van der Waals surface area (Å²) in [7, 11) is 0. The summed E-state index contributed by atoms with van der Waals surface area (Å²) in [5, 5.41) is 4.62. The van der Waals surface area contributed by atoms with Crippen molar-refractivity contribution >= 4 is 44.8 Å². The van der Waals surface area contributed by atoms with Gasteiger partial charge >= 0.3 is 0 Å². The molecule has 29 heavy (non-hydrogen) atoms. The van der Waals surface area contributed by atoms with Gasteiger partial charge in [0.1, 0.15) is 6.61 Å². The molecule has 0 aliphatic rings. The van der Waals surface area contributed by atoms with Gasteiger partial charge in [0.15, 0.2) is 11.5 Å². The molecule has 0 fully saturated rings. The summed E-state index contributed by atoms with van der Waals surface area (Å²) < 4.78 is 12.8. The van der Waals surface area contributed by atoms with Crippen LogP contribution in [0.25, 0.3) is 0 Å². The molecule has 0 radical (unpaired) electrons. The summed E-state index contributed by atoms with van der Waals surface area (Å²) in [5.41, 5.74) is 4.04. The molecular weight excluding hydrogens is 473 g/mol. The van der Waals surface area contributed by atoms with Gasteiger partial charge in [0.25, 0.3) is 0 Å². The van der Waals surface area contributed by atoms with Crippen molar-refractivity contribution in [1.82, 2.24) is 0 Å². The van der Waals surface area contributed by atoms with Gasteiger partial charge in [0.05, 0.1) is 11.6 Å². The quantitative estimate of drug-likeness (QED) is 0.348. The van der Waals surface area contributed by atoms with Crippen molar-refractivity contribution in [3.63, 3.8) is 0 Å². The third-order valence-electron chi connectivity index (χ3n) is 4.33. The van der Waals surface area contributed by atoms with Gasteiger partial charge in [0, 0.05) is 21.7 Å².